The van der Waals surface area contributed by atoms with Crippen molar-refractivity contribution < 1.29 is 9.53 Å². The molecule has 0 aromatic rings. The molecule has 1 amide bonds. The SMILES string of the molecule is CC(C)(C)OC(=O)NCCCNCCC1CC1. The van der Waals surface area contributed by atoms with Crippen LogP contribution in [-0.4, -0.2) is 31.3 Å². The molecule has 0 saturated heterocycles. The van der Waals surface area contributed by atoms with E-state index in [0.717, 1.165) is 25.4 Å². The topological polar surface area (TPSA) is 50.4 Å². The van der Waals surface area contributed by atoms with Crippen molar-refractivity contribution in [3.8, 4) is 0 Å². The minimum absolute atomic E-state index is 0.324. The molecule has 0 radical (unpaired) electrons. The second-order valence-electron chi connectivity index (χ2n) is 5.76. The highest BCUT2D eigenvalue weighted by atomic mass is 16.6. The molecule has 4 heteroatoms. The first-order valence-corrected chi connectivity index (χ1v) is 6.65. The molecule has 100 valence electrons. The van der Waals surface area contributed by atoms with Gasteiger partial charge in [0.25, 0.3) is 0 Å². The van der Waals surface area contributed by atoms with Crippen LogP contribution in [0.25, 0.3) is 0 Å². The maximum Gasteiger partial charge on any atom is 0.407 e. The lowest BCUT2D eigenvalue weighted by atomic mass is 10.2. The summed E-state index contributed by atoms with van der Waals surface area (Å²) < 4.78 is 5.13. The van der Waals surface area contributed by atoms with E-state index in [4.69, 9.17) is 4.74 Å². The van der Waals surface area contributed by atoms with Crippen LogP contribution in [0.5, 0.6) is 0 Å². The molecule has 2 N–H and O–H groups in total. The molecule has 0 aromatic heterocycles. The summed E-state index contributed by atoms with van der Waals surface area (Å²) in [6.45, 7) is 8.34. The molecule has 4 nitrogen and oxygen atoms in total. The monoisotopic (exact) mass is 242 g/mol. The largest absolute Gasteiger partial charge is 0.444 e. The first-order chi connectivity index (χ1) is 7.97. The number of alkyl carbamates (subject to hydrolysis) is 1. The zero-order valence-corrected chi connectivity index (χ0v) is 11.3. The molecule has 1 fully saturated rings. The summed E-state index contributed by atoms with van der Waals surface area (Å²) in [5.41, 5.74) is -0.410. The molecule has 0 atom stereocenters. The van der Waals surface area contributed by atoms with Crippen molar-refractivity contribution in [2.45, 2.75) is 52.1 Å². The van der Waals surface area contributed by atoms with E-state index < -0.39 is 5.60 Å². The summed E-state index contributed by atoms with van der Waals surface area (Å²) in [6, 6.07) is 0. The van der Waals surface area contributed by atoms with Crippen LogP contribution in [0.3, 0.4) is 0 Å². The van der Waals surface area contributed by atoms with Gasteiger partial charge in [0.15, 0.2) is 0 Å². The van der Waals surface area contributed by atoms with Gasteiger partial charge >= 0.3 is 6.09 Å². The van der Waals surface area contributed by atoms with Crippen LogP contribution >= 0.6 is 0 Å². The van der Waals surface area contributed by atoms with E-state index in [0.29, 0.717) is 6.54 Å². The maximum atomic E-state index is 11.3. The highest BCUT2D eigenvalue weighted by Gasteiger charge is 2.19. The van der Waals surface area contributed by atoms with E-state index in [-0.39, 0.29) is 6.09 Å². The van der Waals surface area contributed by atoms with Gasteiger partial charge in [-0.2, -0.15) is 0 Å². The number of ether oxygens (including phenoxy) is 1. The standard InChI is InChI=1S/C13H26N2O2/c1-13(2,3)17-12(16)15-9-4-8-14-10-7-11-5-6-11/h11,14H,4-10H2,1-3H3,(H,15,16). The number of hydrogen-bond donors (Lipinski definition) is 2. The zero-order chi connectivity index (χ0) is 12.7. The fourth-order valence-corrected chi connectivity index (χ4v) is 1.56. The Bertz CT molecular complexity index is 232. The van der Waals surface area contributed by atoms with E-state index in [1.54, 1.807) is 0 Å². The number of rotatable bonds is 7. The van der Waals surface area contributed by atoms with Crippen molar-refractivity contribution in [1.82, 2.24) is 10.6 Å². The van der Waals surface area contributed by atoms with Gasteiger partial charge in [0.1, 0.15) is 5.60 Å². The average Bonchev–Trinajstić information content (AvgIpc) is 2.97. The molecule has 1 saturated carbocycles. The molecule has 0 heterocycles. The Labute approximate surface area is 104 Å². The predicted octanol–water partition coefficient (Wildman–Crippen LogP) is 2.29. The van der Waals surface area contributed by atoms with Crippen molar-refractivity contribution in [3.63, 3.8) is 0 Å². The van der Waals surface area contributed by atoms with Crippen molar-refractivity contribution >= 4 is 6.09 Å². The summed E-state index contributed by atoms with van der Waals surface area (Å²) in [5.74, 6) is 0.988. The van der Waals surface area contributed by atoms with Gasteiger partial charge in [-0.25, -0.2) is 4.79 Å². The van der Waals surface area contributed by atoms with Gasteiger partial charge in [-0.15, -0.1) is 0 Å². The fourth-order valence-electron chi connectivity index (χ4n) is 1.56. The molecule has 0 aliphatic heterocycles. The summed E-state index contributed by atoms with van der Waals surface area (Å²) in [7, 11) is 0. The Hall–Kier alpha value is -0.770. The molecule has 0 spiro atoms. The molecule has 0 unspecified atom stereocenters. The number of carbonyl (C=O) groups excluding carboxylic acids is 1. The number of nitrogens with one attached hydrogen (secondary N) is 2. The summed E-state index contributed by atoms with van der Waals surface area (Å²) in [6.07, 6.45) is 4.77. The van der Waals surface area contributed by atoms with Crippen LogP contribution in [0.15, 0.2) is 0 Å². The van der Waals surface area contributed by atoms with Crippen molar-refractivity contribution in [3.05, 3.63) is 0 Å². The fraction of sp³-hybridized carbons (Fsp3) is 0.923. The van der Waals surface area contributed by atoms with Gasteiger partial charge < -0.3 is 15.4 Å². The van der Waals surface area contributed by atoms with Gasteiger partial charge in [0, 0.05) is 6.54 Å². The second-order valence-corrected chi connectivity index (χ2v) is 5.76. The molecule has 0 bridgehead atoms. The highest BCUT2D eigenvalue weighted by Crippen LogP contribution is 2.31. The minimum Gasteiger partial charge on any atom is -0.444 e. The lowest BCUT2D eigenvalue weighted by Gasteiger charge is -2.19. The molecule has 1 rings (SSSR count). The Morgan fingerprint density at radius 3 is 2.53 bits per heavy atom. The van der Waals surface area contributed by atoms with Crippen LogP contribution in [0.1, 0.15) is 46.5 Å². The molecular formula is C13H26N2O2. The van der Waals surface area contributed by atoms with Crippen LogP contribution in [0.2, 0.25) is 0 Å². The first kappa shape index (κ1) is 14.3. The smallest absolute Gasteiger partial charge is 0.407 e. The third-order valence-corrected chi connectivity index (χ3v) is 2.62. The lowest BCUT2D eigenvalue weighted by Crippen LogP contribution is -2.34. The summed E-state index contributed by atoms with van der Waals surface area (Å²) in [5, 5.41) is 6.14. The maximum absolute atomic E-state index is 11.3. The van der Waals surface area contributed by atoms with Crippen LogP contribution in [0, 0.1) is 5.92 Å². The van der Waals surface area contributed by atoms with E-state index >= 15 is 0 Å². The van der Waals surface area contributed by atoms with Crippen molar-refractivity contribution in [2.75, 3.05) is 19.6 Å². The third-order valence-electron chi connectivity index (χ3n) is 2.62. The van der Waals surface area contributed by atoms with Gasteiger partial charge in [-0.05, 0) is 52.6 Å². The summed E-state index contributed by atoms with van der Waals surface area (Å²) in [4.78, 5) is 11.3. The summed E-state index contributed by atoms with van der Waals surface area (Å²) >= 11 is 0. The number of hydrogen-bond acceptors (Lipinski definition) is 3. The van der Waals surface area contributed by atoms with Crippen molar-refractivity contribution in [2.24, 2.45) is 5.92 Å². The molecule has 17 heavy (non-hydrogen) atoms. The Balaban J connectivity index is 1.84. The average molecular weight is 242 g/mol. The second kappa shape index (κ2) is 6.84. The minimum atomic E-state index is -0.410. The van der Waals surface area contributed by atoms with Crippen LogP contribution in [0.4, 0.5) is 4.79 Å². The normalized spacial score (nSPS) is 15.7. The molecule has 1 aliphatic carbocycles. The Morgan fingerprint density at radius 2 is 1.94 bits per heavy atom. The van der Waals surface area contributed by atoms with E-state index in [1.807, 2.05) is 20.8 Å². The van der Waals surface area contributed by atoms with E-state index in [1.165, 1.54) is 19.3 Å². The zero-order valence-electron chi connectivity index (χ0n) is 11.3. The van der Waals surface area contributed by atoms with Crippen LogP contribution in [-0.2, 0) is 4.74 Å². The van der Waals surface area contributed by atoms with Crippen molar-refractivity contribution in [1.29, 1.82) is 0 Å². The van der Waals surface area contributed by atoms with Gasteiger partial charge in [0.05, 0.1) is 0 Å². The molecular weight excluding hydrogens is 216 g/mol. The number of carbonyl (C=O) groups is 1. The predicted molar refractivity (Wildman–Crippen MR) is 69.1 cm³/mol. The van der Waals surface area contributed by atoms with E-state index in [2.05, 4.69) is 10.6 Å². The van der Waals surface area contributed by atoms with Gasteiger partial charge in [-0.3, -0.25) is 0 Å². The lowest BCUT2D eigenvalue weighted by molar-refractivity contribution is 0.0527. The molecule has 1 aliphatic rings. The Kier molecular flexibility index (Phi) is 5.75. The third kappa shape index (κ3) is 8.98. The highest BCUT2D eigenvalue weighted by molar-refractivity contribution is 5.67. The first-order valence-electron chi connectivity index (χ1n) is 6.65. The van der Waals surface area contributed by atoms with Gasteiger partial charge in [0.2, 0.25) is 0 Å². The molecule has 0 aromatic carbocycles. The quantitative estimate of drug-likeness (QED) is 0.673. The number of amides is 1. The van der Waals surface area contributed by atoms with E-state index in [9.17, 15) is 4.79 Å². The Morgan fingerprint density at radius 1 is 1.24 bits per heavy atom. The van der Waals surface area contributed by atoms with Crippen LogP contribution < -0.4 is 10.6 Å². The van der Waals surface area contributed by atoms with Gasteiger partial charge in [-0.1, -0.05) is 12.8 Å².